The third-order valence-electron chi connectivity index (χ3n) is 3.45. The number of nitro benzene ring substituents is 1. The van der Waals surface area contributed by atoms with E-state index in [0.29, 0.717) is 12.3 Å². The number of carbonyl (C=O) groups is 1. The summed E-state index contributed by atoms with van der Waals surface area (Å²) < 4.78 is 5.22. The van der Waals surface area contributed by atoms with E-state index in [9.17, 15) is 20.2 Å². The van der Waals surface area contributed by atoms with E-state index in [1.807, 2.05) is 18.2 Å². The van der Waals surface area contributed by atoms with Gasteiger partial charge in [0, 0.05) is 24.4 Å². The molecule has 0 aromatic heterocycles. The smallest absolute Gasteiger partial charge is 0.292 e. The first-order valence-electron chi connectivity index (χ1n) is 7.57. The number of nitriles is 1. The molecule has 132 valence electrons. The highest BCUT2D eigenvalue weighted by molar-refractivity contribution is 6.07. The monoisotopic (exact) mass is 352 g/mol. The molecule has 1 amide bonds. The van der Waals surface area contributed by atoms with Crippen LogP contribution in [0.2, 0.25) is 0 Å². The van der Waals surface area contributed by atoms with Crippen molar-refractivity contribution in [3.05, 3.63) is 76.0 Å². The average Bonchev–Trinajstić information content (AvgIpc) is 2.65. The number of para-hydroxylation sites is 3. The van der Waals surface area contributed by atoms with Gasteiger partial charge in [-0.05, 0) is 12.1 Å². The Morgan fingerprint density at radius 1 is 1.27 bits per heavy atom. The second kappa shape index (κ2) is 8.84. The van der Waals surface area contributed by atoms with Crippen molar-refractivity contribution in [3.8, 4) is 11.8 Å². The van der Waals surface area contributed by atoms with Gasteiger partial charge in [0.15, 0.2) is 0 Å². The second-order valence-electron chi connectivity index (χ2n) is 5.09. The maximum atomic E-state index is 12.2. The van der Waals surface area contributed by atoms with Gasteiger partial charge in [0.2, 0.25) is 0 Å². The van der Waals surface area contributed by atoms with Crippen molar-refractivity contribution < 1.29 is 14.5 Å². The fraction of sp³-hybridized carbons (Fsp3) is 0.111. The number of hydrogen-bond acceptors (Lipinski definition) is 6. The Labute approximate surface area is 149 Å². The molecule has 0 aliphatic carbocycles. The molecule has 2 aromatic rings. The number of amides is 1. The largest absolute Gasteiger partial charge is 0.496 e. The normalized spacial score (nSPS) is 10.5. The quantitative estimate of drug-likeness (QED) is 0.342. The topological polar surface area (TPSA) is 117 Å². The van der Waals surface area contributed by atoms with Gasteiger partial charge in [-0.2, -0.15) is 5.26 Å². The molecular formula is C18H16N4O4. The molecule has 0 heterocycles. The zero-order valence-electron chi connectivity index (χ0n) is 13.9. The van der Waals surface area contributed by atoms with Gasteiger partial charge < -0.3 is 15.4 Å². The molecule has 0 unspecified atom stereocenters. The molecule has 0 spiro atoms. The lowest BCUT2D eigenvalue weighted by Crippen LogP contribution is -2.17. The molecule has 0 aliphatic rings. The number of methoxy groups -OCH3 is 1. The number of ether oxygens (including phenoxy) is 1. The minimum atomic E-state index is -0.741. The highest BCUT2D eigenvalue weighted by Gasteiger charge is 2.17. The van der Waals surface area contributed by atoms with Crippen molar-refractivity contribution in [3.63, 3.8) is 0 Å². The Bertz CT molecular complexity index is 887. The Kier molecular flexibility index (Phi) is 6.28. The molecule has 0 saturated carbocycles. The van der Waals surface area contributed by atoms with E-state index in [2.05, 4.69) is 10.6 Å². The predicted octanol–water partition coefficient (Wildman–Crippen LogP) is 2.74. The van der Waals surface area contributed by atoms with E-state index < -0.39 is 10.8 Å². The molecule has 8 heteroatoms. The molecule has 2 aromatic carbocycles. The predicted molar refractivity (Wildman–Crippen MR) is 95.3 cm³/mol. The average molecular weight is 352 g/mol. The van der Waals surface area contributed by atoms with Crippen LogP contribution in [-0.2, 0) is 11.3 Å². The molecule has 2 rings (SSSR count). The van der Waals surface area contributed by atoms with Gasteiger partial charge in [0.1, 0.15) is 23.1 Å². The molecular weight excluding hydrogens is 336 g/mol. The van der Waals surface area contributed by atoms with Crippen LogP contribution >= 0.6 is 0 Å². The van der Waals surface area contributed by atoms with Crippen LogP contribution in [0.3, 0.4) is 0 Å². The lowest BCUT2D eigenvalue weighted by molar-refractivity contribution is -0.383. The molecule has 0 saturated heterocycles. The number of anilines is 1. The van der Waals surface area contributed by atoms with Crippen molar-refractivity contribution in [1.82, 2.24) is 5.32 Å². The SMILES string of the molecule is COc1ccccc1CN/C=C(/C#N)C(=O)Nc1ccccc1[N+](=O)[O-]. The first-order valence-corrected chi connectivity index (χ1v) is 7.57. The lowest BCUT2D eigenvalue weighted by Gasteiger charge is -2.08. The minimum Gasteiger partial charge on any atom is -0.496 e. The molecule has 0 bridgehead atoms. The zero-order valence-corrected chi connectivity index (χ0v) is 13.9. The minimum absolute atomic E-state index is 0.0216. The van der Waals surface area contributed by atoms with Crippen LogP contribution in [0.4, 0.5) is 11.4 Å². The van der Waals surface area contributed by atoms with E-state index in [-0.39, 0.29) is 16.9 Å². The summed E-state index contributed by atoms with van der Waals surface area (Å²) in [6.07, 6.45) is 1.26. The first-order chi connectivity index (χ1) is 12.6. The van der Waals surface area contributed by atoms with Crippen LogP contribution in [-0.4, -0.2) is 17.9 Å². The lowest BCUT2D eigenvalue weighted by atomic mass is 10.2. The summed E-state index contributed by atoms with van der Waals surface area (Å²) in [4.78, 5) is 22.6. The van der Waals surface area contributed by atoms with Crippen LogP contribution < -0.4 is 15.4 Å². The van der Waals surface area contributed by atoms with E-state index in [4.69, 9.17) is 4.74 Å². The fourth-order valence-electron chi connectivity index (χ4n) is 2.19. The van der Waals surface area contributed by atoms with E-state index in [1.165, 1.54) is 24.4 Å². The summed E-state index contributed by atoms with van der Waals surface area (Å²) in [5.41, 5.74) is 0.411. The third-order valence-corrected chi connectivity index (χ3v) is 3.45. The number of benzene rings is 2. The molecule has 26 heavy (non-hydrogen) atoms. The molecule has 0 fully saturated rings. The Morgan fingerprint density at radius 3 is 2.65 bits per heavy atom. The molecule has 0 atom stereocenters. The van der Waals surface area contributed by atoms with Crippen LogP contribution in [0.15, 0.2) is 60.3 Å². The Hall–Kier alpha value is -3.86. The van der Waals surface area contributed by atoms with Crippen molar-refractivity contribution in [2.75, 3.05) is 12.4 Å². The summed E-state index contributed by atoms with van der Waals surface area (Å²) in [5, 5.41) is 25.4. The fourth-order valence-corrected chi connectivity index (χ4v) is 2.19. The van der Waals surface area contributed by atoms with Crippen LogP contribution in [0, 0.1) is 21.4 Å². The third kappa shape index (κ3) is 4.58. The van der Waals surface area contributed by atoms with E-state index in [1.54, 1.807) is 25.3 Å². The standard InChI is InChI=1S/C18H16N4O4/c1-26-17-9-5-2-6-13(17)11-20-12-14(10-19)18(23)21-15-7-3-4-8-16(15)22(24)25/h2-9,12,20H,11H2,1H3,(H,21,23)/b14-12-. The summed E-state index contributed by atoms with van der Waals surface area (Å²) >= 11 is 0. The first kappa shape index (κ1) is 18.5. The van der Waals surface area contributed by atoms with Gasteiger partial charge in [0.05, 0.1) is 12.0 Å². The summed E-state index contributed by atoms with van der Waals surface area (Å²) in [6, 6.07) is 14.8. The van der Waals surface area contributed by atoms with Crippen LogP contribution in [0.5, 0.6) is 5.75 Å². The molecule has 0 radical (unpaired) electrons. The van der Waals surface area contributed by atoms with Gasteiger partial charge in [-0.25, -0.2) is 0 Å². The number of nitrogens with zero attached hydrogens (tertiary/aromatic N) is 2. The summed E-state index contributed by atoms with van der Waals surface area (Å²) in [6.45, 7) is 0.341. The number of rotatable bonds is 7. The maximum absolute atomic E-state index is 12.2. The maximum Gasteiger partial charge on any atom is 0.292 e. The number of nitro groups is 1. The van der Waals surface area contributed by atoms with E-state index >= 15 is 0 Å². The molecule has 0 aliphatic heterocycles. The van der Waals surface area contributed by atoms with Gasteiger partial charge in [-0.1, -0.05) is 30.3 Å². The van der Waals surface area contributed by atoms with E-state index in [0.717, 1.165) is 5.56 Å². The van der Waals surface area contributed by atoms with Gasteiger partial charge in [0.25, 0.3) is 11.6 Å². The molecule has 2 N–H and O–H groups in total. The van der Waals surface area contributed by atoms with Crippen molar-refractivity contribution in [2.45, 2.75) is 6.54 Å². The molecule has 8 nitrogen and oxygen atoms in total. The van der Waals surface area contributed by atoms with Crippen molar-refractivity contribution in [1.29, 1.82) is 5.26 Å². The highest BCUT2D eigenvalue weighted by Crippen LogP contribution is 2.23. The van der Waals surface area contributed by atoms with Gasteiger partial charge >= 0.3 is 0 Å². The van der Waals surface area contributed by atoms with Crippen LogP contribution in [0.1, 0.15) is 5.56 Å². The highest BCUT2D eigenvalue weighted by atomic mass is 16.6. The Morgan fingerprint density at radius 2 is 1.96 bits per heavy atom. The summed E-state index contributed by atoms with van der Waals surface area (Å²) in [7, 11) is 1.55. The Balaban J connectivity index is 2.08. The van der Waals surface area contributed by atoms with Crippen molar-refractivity contribution in [2.24, 2.45) is 0 Å². The number of hydrogen-bond donors (Lipinski definition) is 2. The number of carbonyl (C=O) groups excluding carboxylic acids is 1. The zero-order chi connectivity index (χ0) is 18.9. The van der Waals surface area contributed by atoms with Gasteiger partial charge in [-0.3, -0.25) is 14.9 Å². The second-order valence-corrected chi connectivity index (χ2v) is 5.09. The van der Waals surface area contributed by atoms with Crippen molar-refractivity contribution >= 4 is 17.3 Å². The number of nitrogens with one attached hydrogen (secondary N) is 2. The summed E-state index contributed by atoms with van der Waals surface area (Å²) in [5.74, 6) is -0.0643. The van der Waals surface area contributed by atoms with Gasteiger partial charge in [-0.15, -0.1) is 0 Å². The van der Waals surface area contributed by atoms with Crippen LogP contribution in [0.25, 0.3) is 0 Å².